The molecule has 0 fully saturated rings. The highest BCUT2D eigenvalue weighted by Gasteiger charge is 2.30. The van der Waals surface area contributed by atoms with Gasteiger partial charge in [-0.1, -0.05) is 62.4 Å². The molecule has 3 amide bonds. The Labute approximate surface area is 294 Å². The number of hydrogen-bond donors (Lipinski definition) is 3. The number of methoxy groups -OCH3 is 1. The Morgan fingerprint density at radius 1 is 1.02 bits per heavy atom. The molecule has 1 atom stereocenters. The summed E-state index contributed by atoms with van der Waals surface area (Å²) in [7, 11) is 1.20. The zero-order valence-electron chi connectivity index (χ0n) is 29.5. The zero-order valence-corrected chi connectivity index (χ0v) is 29.5. The maximum atomic E-state index is 13.8. The van der Waals surface area contributed by atoms with Crippen molar-refractivity contribution >= 4 is 41.0 Å². The number of carbonyl (C=O) groups is 4. The van der Waals surface area contributed by atoms with Crippen LogP contribution in [-0.2, 0) is 35.1 Å². The summed E-state index contributed by atoms with van der Waals surface area (Å²) in [5.41, 5.74) is 3.12. The first-order valence-corrected chi connectivity index (χ1v) is 16.6. The van der Waals surface area contributed by atoms with E-state index in [4.69, 9.17) is 14.2 Å². The van der Waals surface area contributed by atoms with Crippen LogP contribution in [0.15, 0.2) is 59.7 Å². The lowest BCUT2D eigenvalue weighted by Crippen LogP contribution is -2.51. The number of imidazole rings is 1. The molecule has 270 valence electrons. The minimum Gasteiger partial charge on any atom is -0.468 e. The van der Waals surface area contributed by atoms with Crippen molar-refractivity contribution in [3.05, 3.63) is 76.3 Å². The van der Waals surface area contributed by atoms with Crippen LogP contribution in [0.4, 0.5) is 10.7 Å². The lowest BCUT2D eigenvalue weighted by Gasteiger charge is -2.30. The van der Waals surface area contributed by atoms with Gasteiger partial charge in [-0.2, -0.15) is 4.98 Å². The Kier molecular flexibility index (Phi) is 11.2. The molecule has 0 spiro atoms. The third-order valence-corrected chi connectivity index (χ3v) is 8.27. The molecular formula is C36H43N7O8. The van der Waals surface area contributed by atoms with E-state index in [1.807, 2.05) is 69.3 Å². The summed E-state index contributed by atoms with van der Waals surface area (Å²) in [5, 5.41) is 5.36. The van der Waals surface area contributed by atoms with Crippen LogP contribution in [0.3, 0.4) is 0 Å². The number of esters is 1. The largest absolute Gasteiger partial charge is 0.468 e. The quantitative estimate of drug-likeness (QED) is 0.174. The van der Waals surface area contributed by atoms with Gasteiger partial charge in [0.15, 0.2) is 11.2 Å². The standard InChI is InChI=1S/C36H43N7O8/c1-21(2)32(46)40-34-39-31-30(33(47)41-34)37-20-43(31)16-28(44)42(17-29(45)49-6)15-22(18-51-36(3,4)5)38-35(48)50-19-27-25-13-9-7-11-23(25)24-12-8-10-14-26(24)27/h7-14,20-22,27H,15-19H2,1-6H3,(H,38,48)(H2,39,40,41,46,47)/t22-/m1/s1. The molecule has 1 aliphatic carbocycles. The normalized spacial score (nSPS) is 13.0. The number of fused-ring (bicyclic) bond motifs is 4. The lowest BCUT2D eigenvalue weighted by atomic mass is 9.98. The number of ether oxygens (including phenoxy) is 3. The SMILES string of the molecule is COC(=O)CN(C[C@H](COC(C)(C)C)NC(=O)OCC1c2ccccc2-c2ccccc21)C(=O)Cn1cnc2c(=O)[nH]c(NC(=O)C(C)C)nc21. The molecule has 15 nitrogen and oxygen atoms in total. The number of hydrogen-bond acceptors (Lipinski definition) is 10. The third kappa shape index (κ3) is 8.97. The van der Waals surface area contributed by atoms with Crippen LogP contribution < -0.4 is 16.2 Å². The minimum absolute atomic E-state index is 0.0114. The van der Waals surface area contributed by atoms with Crippen molar-refractivity contribution in [2.75, 3.05) is 38.7 Å². The number of carbonyl (C=O) groups excluding carboxylic acids is 4. The molecule has 51 heavy (non-hydrogen) atoms. The summed E-state index contributed by atoms with van der Waals surface area (Å²) in [4.78, 5) is 76.6. The molecule has 0 saturated carbocycles. The summed E-state index contributed by atoms with van der Waals surface area (Å²) in [6.45, 7) is 8.04. The van der Waals surface area contributed by atoms with Gasteiger partial charge in [0.2, 0.25) is 17.8 Å². The molecule has 0 bridgehead atoms. The molecule has 0 saturated heterocycles. The van der Waals surface area contributed by atoms with E-state index in [0.29, 0.717) is 0 Å². The minimum atomic E-state index is -0.799. The van der Waals surface area contributed by atoms with Crippen molar-refractivity contribution in [3.63, 3.8) is 0 Å². The third-order valence-electron chi connectivity index (χ3n) is 8.27. The smallest absolute Gasteiger partial charge is 0.407 e. The van der Waals surface area contributed by atoms with Gasteiger partial charge in [0.25, 0.3) is 5.56 Å². The molecule has 3 N–H and O–H groups in total. The van der Waals surface area contributed by atoms with Crippen LogP contribution in [0.2, 0.25) is 0 Å². The van der Waals surface area contributed by atoms with E-state index in [9.17, 15) is 24.0 Å². The first-order valence-electron chi connectivity index (χ1n) is 16.6. The van der Waals surface area contributed by atoms with Gasteiger partial charge in [-0.25, -0.2) is 9.78 Å². The predicted molar refractivity (Wildman–Crippen MR) is 188 cm³/mol. The summed E-state index contributed by atoms with van der Waals surface area (Å²) in [5.74, 6) is -2.25. The van der Waals surface area contributed by atoms with E-state index in [1.165, 1.54) is 22.9 Å². The summed E-state index contributed by atoms with van der Waals surface area (Å²) < 4.78 is 17.9. The molecule has 5 rings (SSSR count). The summed E-state index contributed by atoms with van der Waals surface area (Å²) in [6, 6.07) is 15.2. The molecule has 0 unspecified atom stereocenters. The zero-order chi connectivity index (χ0) is 36.9. The fourth-order valence-corrected chi connectivity index (χ4v) is 5.67. The Balaban J connectivity index is 1.33. The molecule has 4 aromatic rings. The molecule has 2 aromatic heterocycles. The van der Waals surface area contributed by atoms with Gasteiger partial charge >= 0.3 is 12.1 Å². The summed E-state index contributed by atoms with van der Waals surface area (Å²) in [6.07, 6.45) is 0.550. The average molecular weight is 702 g/mol. The van der Waals surface area contributed by atoms with E-state index in [-0.39, 0.29) is 61.2 Å². The van der Waals surface area contributed by atoms with E-state index < -0.39 is 41.7 Å². The molecule has 0 aliphatic heterocycles. The van der Waals surface area contributed by atoms with Gasteiger partial charge in [0, 0.05) is 18.4 Å². The fraction of sp³-hybridized carbons (Fsp3) is 0.417. The molecule has 1 aliphatic rings. The van der Waals surface area contributed by atoms with E-state index >= 15 is 0 Å². The van der Waals surface area contributed by atoms with Crippen molar-refractivity contribution in [1.82, 2.24) is 29.7 Å². The van der Waals surface area contributed by atoms with Crippen molar-refractivity contribution in [3.8, 4) is 11.1 Å². The fourth-order valence-electron chi connectivity index (χ4n) is 5.67. The van der Waals surface area contributed by atoms with E-state index in [2.05, 4.69) is 25.6 Å². The van der Waals surface area contributed by atoms with Gasteiger partial charge in [-0.3, -0.25) is 29.5 Å². The highest BCUT2D eigenvalue weighted by Crippen LogP contribution is 2.44. The van der Waals surface area contributed by atoms with Gasteiger partial charge in [-0.05, 0) is 43.0 Å². The number of amides is 3. The number of alkyl carbamates (subject to hydrolysis) is 1. The molecule has 2 aromatic carbocycles. The van der Waals surface area contributed by atoms with Crippen LogP contribution in [0.25, 0.3) is 22.3 Å². The van der Waals surface area contributed by atoms with E-state index in [1.54, 1.807) is 13.8 Å². The average Bonchev–Trinajstić information content (AvgIpc) is 3.64. The van der Waals surface area contributed by atoms with Crippen LogP contribution in [0.5, 0.6) is 0 Å². The van der Waals surface area contributed by atoms with E-state index in [0.717, 1.165) is 22.3 Å². The Morgan fingerprint density at radius 3 is 2.27 bits per heavy atom. The number of aromatic nitrogens is 4. The number of H-pyrrole nitrogens is 1. The number of rotatable bonds is 13. The first kappa shape index (κ1) is 36.7. The van der Waals surface area contributed by atoms with Crippen LogP contribution in [-0.4, -0.2) is 93.4 Å². The topological polar surface area (TPSA) is 187 Å². The highest BCUT2D eigenvalue weighted by molar-refractivity contribution is 5.91. The summed E-state index contributed by atoms with van der Waals surface area (Å²) >= 11 is 0. The number of nitrogens with one attached hydrogen (secondary N) is 3. The van der Waals surface area contributed by atoms with Gasteiger partial charge in [-0.15, -0.1) is 0 Å². The molecule has 0 radical (unpaired) electrons. The monoisotopic (exact) mass is 701 g/mol. The van der Waals surface area contributed by atoms with Crippen LogP contribution >= 0.6 is 0 Å². The Morgan fingerprint density at radius 2 is 1.67 bits per heavy atom. The second-order valence-corrected chi connectivity index (χ2v) is 13.5. The van der Waals surface area contributed by atoms with Crippen molar-refractivity contribution in [1.29, 1.82) is 0 Å². The number of anilines is 1. The maximum Gasteiger partial charge on any atom is 0.407 e. The number of nitrogens with zero attached hydrogens (tertiary/aromatic N) is 4. The lowest BCUT2D eigenvalue weighted by molar-refractivity contribution is -0.147. The first-order chi connectivity index (χ1) is 24.2. The van der Waals surface area contributed by atoms with Crippen LogP contribution in [0.1, 0.15) is 51.7 Å². The van der Waals surface area contributed by atoms with Crippen molar-refractivity contribution in [2.24, 2.45) is 5.92 Å². The maximum absolute atomic E-state index is 13.8. The predicted octanol–water partition coefficient (Wildman–Crippen LogP) is 3.44. The Hall–Kier alpha value is -5.57. The van der Waals surface area contributed by atoms with Gasteiger partial charge < -0.3 is 29.0 Å². The van der Waals surface area contributed by atoms with Crippen LogP contribution in [0, 0.1) is 5.92 Å². The van der Waals surface area contributed by atoms with Gasteiger partial charge in [0.05, 0.1) is 31.7 Å². The number of aromatic amines is 1. The highest BCUT2D eigenvalue weighted by atomic mass is 16.6. The Bertz CT molecular complexity index is 1930. The second-order valence-electron chi connectivity index (χ2n) is 13.5. The molecular weight excluding hydrogens is 658 g/mol. The molecule has 15 heteroatoms. The van der Waals surface area contributed by atoms with Gasteiger partial charge in [0.1, 0.15) is 19.7 Å². The molecule has 2 heterocycles. The van der Waals surface area contributed by atoms with Crippen molar-refractivity contribution in [2.45, 2.75) is 58.7 Å². The number of benzene rings is 2. The second kappa shape index (κ2) is 15.5. The van der Waals surface area contributed by atoms with Crippen molar-refractivity contribution < 1.29 is 33.4 Å².